The van der Waals surface area contributed by atoms with Crippen molar-refractivity contribution in [1.82, 2.24) is 10.2 Å². The SMILES string of the molecule is Clc1ccc2c(c1)CN1CCNCC1=C2. The summed E-state index contributed by atoms with van der Waals surface area (Å²) in [4.78, 5) is 2.43. The van der Waals surface area contributed by atoms with Crippen LogP contribution < -0.4 is 5.32 Å². The lowest BCUT2D eigenvalue weighted by Crippen LogP contribution is -2.42. The van der Waals surface area contributed by atoms with Gasteiger partial charge in [-0.2, -0.15) is 0 Å². The minimum absolute atomic E-state index is 0.834. The predicted molar refractivity (Wildman–Crippen MR) is 62.7 cm³/mol. The maximum Gasteiger partial charge on any atom is 0.0434 e. The predicted octanol–water partition coefficient (Wildman–Crippen LogP) is 2.10. The Morgan fingerprint density at radius 3 is 3.20 bits per heavy atom. The lowest BCUT2D eigenvalue weighted by molar-refractivity contribution is 0.293. The van der Waals surface area contributed by atoms with Crippen LogP contribution in [0.25, 0.3) is 6.08 Å². The third kappa shape index (κ3) is 1.64. The minimum Gasteiger partial charge on any atom is -0.368 e. The standard InChI is InChI=1S/C12H13ClN2/c13-11-2-1-9-6-12-7-14-3-4-15(12)8-10(9)5-11/h1-2,5-6,14H,3-4,7-8H2. The Balaban J connectivity index is 2.03. The Morgan fingerprint density at radius 2 is 2.27 bits per heavy atom. The zero-order valence-corrected chi connectivity index (χ0v) is 9.22. The molecule has 0 radical (unpaired) electrons. The van der Waals surface area contributed by atoms with Crippen molar-refractivity contribution < 1.29 is 0 Å². The summed E-state index contributed by atoms with van der Waals surface area (Å²) in [6.45, 7) is 4.16. The number of nitrogens with zero attached hydrogens (tertiary/aromatic N) is 1. The van der Waals surface area contributed by atoms with Crippen LogP contribution in [-0.4, -0.2) is 24.5 Å². The van der Waals surface area contributed by atoms with Crippen molar-refractivity contribution >= 4 is 17.7 Å². The average Bonchev–Trinajstić information content (AvgIpc) is 2.26. The van der Waals surface area contributed by atoms with Gasteiger partial charge in [-0.3, -0.25) is 0 Å². The third-order valence-corrected chi connectivity index (χ3v) is 3.29. The van der Waals surface area contributed by atoms with Crippen molar-refractivity contribution in [2.75, 3.05) is 19.6 Å². The largest absolute Gasteiger partial charge is 0.368 e. The molecule has 0 amide bonds. The highest BCUT2D eigenvalue weighted by Crippen LogP contribution is 2.27. The Labute approximate surface area is 94.5 Å². The molecule has 0 bridgehead atoms. The molecule has 2 aliphatic heterocycles. The van der Waals surface area contributed by atoms with E-state index < -0.39 is 0 Å². The van der Waals surface area contributed by atoms with Gasteiger partial charge in [0, 0.05) is 36.9 Å². The molecule has 0 aliphatic carbocycles. The maximum absolute atomic E-state index is 6.00. The lowest BCUT2D eigenvalue weighted by atomic mass is 10.0. The number of fused-ring (bicyclic) bond motifs is 2. The molecule has 0 spiro atoms. The monoisotopic (exact) mass is 220 g/mol. The first-order valence-electron chi connectivity index (χ1n) is 5.27. The van der Waals surface area contributed by atoms with Gasteiger partial charge in [-0.15, -0.1) is 0 Å². The van der Waals surface area contributed by atoms with E-state index in [0.29, 0.717) is 0 Å². The van der Waals surface area contributed by atoms with Crippen LogP contribution in [0.2, 0.25) is 5.02 Å². The highest BCUT2D eigenvalue weighted by atomic mass is 35.5. The zero-order valence-electron chi connectivity index (χ0n) is 8.46. The second-order valence-electron chi connectivity index (χ2n) is 4.08. The second-order valence-corrected chi connectivity index (χ2v) is 4.51. The van der Waals surface area contributed by atoms with Gasteiger partial charge >= 0.3 is 0 Å². The summed E-state index contributed by atoms with van der Waals surface area (Å²) < 4.78 is 0. The van der Waals surface area contributed by atoms with Crippen LogP contribution in [0, 0.1) is 0 Å². The molecule has 0 unspecified atom stereocenters. The van der Waals surface area contributed by atoms with E-state index in [0.717, 1.165) is 31.2 Å². The first-order valence-corrected chi connectivity index (χ1v) is 5.65. The summed E-state index contributed by atoms with van der Waals surface area (Å²) in [5.74, 6) is 0. The van der Waals surface area contributed by atoms with Crippen LogP contribution in [0.15, 0.2) is 23.9 Å². The van der Waals surface area contributed by atoms with Crippen molar-refractivity contribution in [3.8, 4) is 0 Å². The summed E-state index contributed by atoms with van der Waals surface area (Å²) in [7, 11) is 0. The molecule has 1 saturated heterocycles. The van der Waals surface area contributed by atoms with Gasteiger partial charge in [0.05, 0.1) is 0 Å². The molecule has 1 aromatic rings. The normalized spacial score (nSPS) is 19.3. The first-order chi connectivity index (χ1) is 7.33. The van der Waals surface area contributed by atoms with E-state index in [1.807, 2.05) is 6.07 Å². The molecular formula is C12H13ClN2. The van der Waals surface area contributed by atoms with Crippen LogP contribution >= 0.6 is 11.6 Å². The molecule has 1 fully saturated rings. The molecule has 1 aromatic carbocycles. The Bertz CT molecular complexity index is 426. The quantitative estimate of drug-likeness (QED) is 0.721. The lowest BCUT2D eigenvalue weighted by Gasteiger charge is -2.35. The molecule has 3 heteroatoms. The topological polar surface area (TPSA) is 15.3 Å². The van der Waals surface area contributed by atoms with Crippen LogP contribution in [0.1, 0.15) is 11.1 Å². The molecule has 2 heterocycles. The van der Waals surface area contributed by atoms with Gasteiger partial charge in [-0.05, 0) is 29.3 Å². The van der Waals surface area contributed by atoms with Gasteiger partial charge in [0.25, 0.3) is 0 Å². The van der Waals surface area contributed by atoms with E-state index in [4.69, 9.17) is 11.6 Å². The van der Waals surface area contributed by atoms with Gasteiger partial charge in [0.2, 0.25) is 0 Å². The fraction of sp³-hybridized carbons (Fsp3) is 0.333. The molecule has 0 saturated carbocycles. The van der Waals surface area contributed by atoms with E-state index in [1.165, 1.54) is 16.8 Å². The molecule has 78 valence electrons. The molecular weight excluding hydrogens is 208 g/mol. The molecule has 0 atom stereocenters. The number of hydrogen-bond donors (Lipinski definition) is 1. The smallest absolute Gasteiger partial charge is 0.0434 e. The van der Waals surface area contributed by atoms with Crippen molar-refractivity contribution in [3.05, 3.63) is 40.0 Å². The van der Waals surface area contributed by atoms with Gasteiger partial charge in [0.15, 0.2) is 0 Å². The van der Waals surface area contributed by atoms with Crippen molar-refractivity contribution in [2.45, 2.75) is 6.54 Å². The Kier molecular flexibility index (Phi) is 2.19. The van der Waals surface area contributed by atoms with Crippen molar-refractivity contribution in [3.63, 3.8) is 0 Å². The van der Waals surface area contributed by atoms with Crippen LogP contribution in [0.4, 0.5) is 0 Å². The molecule has 15 heavy (non-hydrogen) atoms. The molecule has 2 nitrogen and oxygen atoms in total. The van der Waals surface area contributed by atoms with E-state index in [-0.39, 0.29) is 0 Å². The van der Waals surface area contributed by atoms with E-state index in [9.17, 15) is 0 Å². The number of halogens is 1. The van der Waals surface area contributed by atoms with Crippen molar-refractivity contribution in [2.24, 2.45) is 0 Å². The average molecular weight is 221 g/mol. The summed E-state index contributed by atoms with van der Waals surface area (Å²) in [5.41, 5.74) is 4.05. The highest BCUT2D eigenvalue weighted by molar-refractivity contribution is 6.30. The summed E-state index contributed by atoms with van der Waals surface area (Å²) in [5, 5.41) is 4.22. The van der Waals surface area contributed by atoms with Gasteiger partial charge in [0.1, 0.15) is 0 Å². The fourth-order valence-corrected chi connectivity index (χ4v) is 2.44. The van der Waals surface area contributed by atoms with Crippen LogP contribution in [-0.2, 0) is 6.54 Å². The Hall–Kier alpha value is -0.990. The summed E-state index contributed by atoms with van der Waals surface area (Å²) >= 11 is 6.00. The maximum atomic E-state index is 6.00. The molecule has 3 rings (SSSR count). The number of nitrogens with one attached hydrogen (secondary N) is 1. The summed E-state index contributed by atoms with van der Waals surface area (Å²) in [6.07, 6.45) is 2.27. The van der Waals surface area contributed by atoms with Gasteiger partial charge in [-0.25, -0.2) is 0 Å². The van der Waals surface area contributed by atoms with Crippen molar-refractivity contribution in [1.29, 1.82) is 0 Å². The van der Waals surface area contributed by atoms with Crippen LogP contribution in [0.3, 0.4) is 0 Å². The van der Waals surface area contributed by atoms with E-state index >= 15 is 0 Å². The van der Waals surface area contributed by atoms with Gasteiger partial charge in [-0.1, -0.05) is 17.7 Å². The zero-order chi connectivity index (χ0) is 10.3. The minimum atomic E-state index is 0.834. The second kappa shape index (κ2) is 3.54. The Morgan fingerprint density at radius 1 is 1.33 bits per heavy atom. The molecule has 1 N–H and O–H groups in total. The highest BCUT2D eigenvalue weighted by Gasteiger charge is 2.20. The number of piperazine rings is 1. The first kappa shape index (κ1) is 9.25. The number of hydrogen-bond acceptors (Lipinski definition) is 2. The summed E-state index contributed by atoms with van der Waals surface area (Å²) in [6, 6.07) is 6.15. The van der Waals surface area contributed by atoms with Crippen LogP contribution in [0.5, 0.6) is 0 Å². The molecule has 0 aromatic heterocycles. The fourth-order valence-electron chi connectivity index (χ4n) is 2.25. The number of rotatable bonds is 0. The number of benzene rings is 1. The third-order valence-electron chi connectivity index (χ3n) is 3.06. The van der Waals surface area contributed by atoms with E-state index in [2.05, 4.69) is 28.4 Å². The van der Waals surface area contributed by atoms with E-state index in [1.54, 1.807) is 0 Å². The van der Waals surface area contributed by atoms with Gasteiger partial charge < -0.3 is 10.2 Å². The molecule has 2 aliphatic rings.